The maximum absolute atomic E-state index is 13.1. The lowest BCUT2D eigenvalue weighted by molar-refractivity contribution is -0.146. The summed E-state index contributed by atoms with van der Waals surface area (Å²) in [6, 6.07) is 13.3. The molecule has 1 atom stereocenters. The van der Waals surface area contributed by atoms with Crippen molar-refractivity contribution in [3.05, 3.63) is 59.9 Å². The fourth-order valence-electron chi connectivity index (χ4n) is 1.97. The molecule has 0 aliphatic heterocycles. The molecule has 2 aromatic rings. The second-order valence-corrected chi connectivity index (χ2v) is 6.39. The second kappa shape index (κ2) is 8.02. The van der Waals surface area contributed by atoms with Gasteiger partial charge in [-0.05, 0) is 55.8 Å². The van der Waals surface area contributed by atoms with Gasteiger partial charge in [0, 0.05) is 4.90 Å². The molecule has 0 heterocycles. The minimum atomic E-state index is -0.550. The highest BCUT2D eigenvalue weighted by Gasteiger charge is 2.24. The largest absolute Gasteiger partial charge is 0.497 e. The molecule has 0 aliphatic carbocycles. The first-order valence-corrected chi connectivity index (χ1v) is 8.14. The summed E-state index contributed by atoms with van der Waals surface area (Å²) in [6.07, 6.45) is -0.207. The van der Waals surface area contributed by atoms with Gasteiger partial charge in [-0.25, -0.2) is 4.39 Å². The number of methoxy groups -OCH3 is 1. The van der Waals surface area contributed by atoms with Crippen molar-refractivity contribution >= 4 is 17.7 Å². The third-order valence-corrected chi connectivity index (χ3v) is 4.30. The molecule has 122 valence electrons. The Labute approximate surface area is 139 Å². The van der Waals surface area contributed by atoms with Gasteiger partial charge in [0.1, 0.15) is 16.8 Å². The molecule has 0 radical (unpaired) electrons. The van der Waals surface area contributed by atoms with E-state index in [1.807, 2.05) is 24.3 Å². The molecular formula is C18H19FO3S. The van der Waals surface area contributed by atoms with Crippen molar-refractivity contribution in [2.45, 2.75) is 30.1 Å². The van der Waals surface area contributed by atoms with Crippen LogP contribution in [0.5, 0.6) is 5.75 Å². The first-order valence-electron chi connectivity index (χ1n) is 7.26. The Balaban J connectivity index is 2.24. The monoisotopic (exact) mass is 334 g/mol. The number of thioether (sulfide) groups is 1. The van der Waals surface area contributed by atoms with Crippen LogP contribution in [0.1, 0.15) is 24.7 Å². The Kier molecular flexibility index (Phi) is 6.04. The number of carbonyl (C=O) groups excluding carboxylic acids is 1. The lowest BCUT2D eigenvalue weighted by atomic mass is 10.1. The summed E-state index contributed by atoms with van der Waals surface area (Å²) in [6.45, 7) is 3.61. The van der Waals surface area contributed by atoms with Crippen molar-refractivity contribution in [1.82, 2.24) is 0 Å². The van der Waals surface area contributed by atoms with Gasteiger partial charge in [-0.3, -0.25) is 4.79 Å². The standard InChI is InChI=1S/C18H19FO3S/c1-12(2)22-18(20)17(13-4-6-14(19)7-5-13)23-16-10-8-15(21-3)9-11-16/h4-12,17H,1-3H3. The summed E-state index contributed by atoms with van der Waals surface area (Å²) in [5.41, 5.74) is 0.706. The third kappa shape index (κ3) is 4.99. The third-order valence-electron chi connectivity index (χ3n) is 3.05. The van der Waals surface area contributed by atoms with Crippen LogP contribution in [0.4, 0.5) is 4.39 Å². The average Bonchev–Trinajstić information content (AvgIpc) is 2.53. The van der Waals surface area contributed by atoms with E-state index in [1.54, 1.807) is 33.1 Å². The number of hydrogen-bond donors (Lipinski definition) is 0. The molecule has 0 fully saturated rings. The maximum atomic E-state index is 13.1. The van der Waals surface area contributed by atoms with Crippen LogP contribution in [0.2, 0.25) is 0 Å². The fraction of sp³-hybridized carbons (Fsp3) is 0.278. The summed E-state index contributed by atoms with van der Waals surface area (Å²) >= 11 is 1.36. The highest BCUT2D eigenvalue weighted by atomic mass is 32.2. The van der Waals surface area contributed by atoms with E-state index in [1.165, 1.54) is 23.9 Å². The van der Waals surface area contributed by atoms with Crippen molar-refractivity contribution in [2.75, 3.05) is 7.11 Å². The van der Waals surface area contributed by atoms with E-state index in [2.05, 4.69) is 0 Å². The van der Waals surface area contributed by atoms with E-state index >= 15 is 0 Å². The summed E-state index contributed by atoms with van der Waals surface area (Å²) in [4.78, 5) is 13.3. The lowest BCUT2D eigenvalue weighted by Crippen LogP contribution is -2.17. The fourth-order valence-corrected chi connectivity index (χ4v) is 2.98. The van der Waals surface area contributed by atoms with E-state index in [-0.39, 0.29) is 17.9 Å². The van der Waals surface area contributed by atoms with Gasteiger partial charge in [0.2, 0.25) is 0 Å². The molecule has 0 aromatic heterocycles. The number of hydrogen-bond acceptors (Lipinski definition) is 4. The Morgan fingerprint density at radius 1 is 1.04 bits per heavy atom. The zero-order valence-electron chi connectivity index (χ0n) is 13.3. The van der Waals surface area contributed by atoms with Gasteiger partial charge >= 0.3 is 5.97 Å². The molecule has 0 amide bonds. The average molecular weight is 334 g/mol. The zero-order valence-corrected chi connectivity index (χ0v) is 14.1. The molecule has 23 heavy (non-hydrogen) atoms. The number of rotatable bonds is 6. The van der Waals surface area contributed by atoms with E-state index < -0.39 is 5.25 Å². The van der Waals surface area contributed by atoms with Gasteiger partial charge in [-0.1, -0.05) is 12.1 Å². The molecule has 1 unspecified atom stereocenters. The van der Waals surface area contributed by atoms with Crippen LogP contribution in [0.3, 0.4) is 0 Å². The predicted octanol–water partition coefficient (Wildman–Crippen LogP) is 4.62. The predicted molar refractivity (Wildman–Crippen MR) is 89.2 cm³/mol. The summed E-state index contributed by atoms with van der Waals surface area (Å²) in [7, 11) is 1.60. The maximum Gasteiger partial charge on any atom is 0.324 e. The number of esters is 1. The molecular weight excluding hydrogens is 315 g/mol. The quantitative estimate of drug-likeness (QED) is 0.570. The topological polar surface area (TPSA) is 35.5 Å². The molecule has 0 saturated carbocycles. The number of benzene rings is 2. The van der Waals surface area contributed by atoms with Crippen LogP contribution in [0.15, 0.2) is 53.4 Å². The van der Waals surface area contributed by atoms with E-state index in [0.29, 0.717) is 5.56 Å². The van der Waals surface area contributed by atoms with Gasteiger partial charge in [0.15, 0.2) is 0 Å². The van der Waals surface area contributed by atoms with Crippen molar-refractivity contribution in [3.8, 4) is 5.75 Å². The van der Waals surface area contributed by atoms with Crippen LogP contribution < -0.4 is 4.74 Å². The highest BCUT2D eigenvalue weighted by molar-refractivity contribution is 8.00. The Morgan fingerprint density at radius 3 is 2.17 bits per heavy atom. The Morgan fingerprint density at radius 2 is 1.65 bits per heavy atom. The number of ether oxygens (including phenoxy) is 2. The van der Waals surface area contributed by atoms with Crippen LogP contribution in [-0.2, 0) is 9.53 Å². The highest BCUT2D eigenvalue weighted by Crippen LogP contribution is 2.37. The molecule has 2 aromatic carbocycles. The molecule has 0 aliphatic rings. The van der Waals surface area contributed by atoms with Crippen molar-refractivity contribution in [3.63, 3.8) is 0 Å². The van der Waals surface area contributed by atoms with E-state index in [0.717, 1.165) is 10.6 Å². The van der Waals surface area contributed by atoms with Gasteiger partial charge in [0.05, 0.1) is 13.2 Å². The minimum Gasteiger partial charge on any atom is -0.497 e. The molecule has 3 nitrogen and oxygen atoms in total. The van der Waals surface area contributed by atoms with Crippen molar-refractivity contribution < 1.29 is 18.7 Å². The Bertz CT molecular complexity index is 638. The van der Waals surface area contributed by atoms with Crippen molar-refractivity contribution in [2.24, 2.45) is 0 Å². The molecule has 0 bridgehead atoms. The van der Waals surface area contributed by atoms with Gasteiger partial charge < -0.3 is 9.47 Å². The van der Waals surface area contributed by atoms with Crippen LogP contribution in [0.25, 0.3) is 0 Å². The number of halogens is 1. The van der Waals surface area contributed by atoms with E-state index in [4.69, 9.17) is 9.47 Å². The van der Waals surface area contributed by atoms with Gasteiger partial charge in [0.25, 0.3) is 0 Å². The minimum absolute atomic E-state index is 0.207. The lowest BCUT2D eigenvalue weighted by Gasteiger charge is -2.18. The van der Waals surface area contributed by atoms with Crippen LogP contribution in [0, 0.1) is 5.82 Å². The first-order chi connectivity index (χ1) is 11.0. The molecule has 2 rings (SSSR count). The molecule has 0 N–H and O–H groups in total. The second-order valence-electron chi connectivity index (χ2n) is 5.21. The van der Waals surface area contributed by atoms with Crippen LogP contribution >= 0.6 is 11.8 Å². The first kappa shape index (κ1) is 17.3. The summed E-state index contributed by atoms with van der Waals surface area (Å²) < 4.78 is 23.6. The molecule has 0 spiro atoms. The van der Waals surface area contributed by atoms with Crippen LogP contribution in [-0.4, -0.2) is 19.2 Å². The normalized spacial score (nSPS) is 12.0. The van der Waals surface area contributed by atoms with Crippen molar-refractivity contribution in [1.29, 1.82) is 0 Å². The Hall–Kier alpha value is -2.01. The van der Waals surface area contributed by atoms with Gasteiger partial charge in [-0.15, -0.1) is 11.8 Å². The molecule has 5 heteroatoms. The molecule has 0 saturated heterocycles. The zero-order chi connectivity index (χ0) is 16.8. The summed E-state index contributed by atoms with van der Waals surface area (Å²) in [5, 5.41) is -0.550. The van der Waals surface area contributed by atoms with Gasteiger partial charge in [-0.2, -0.15) is 0 Å². The smallest absolute Gasteiger partial charge is 0.324 e. The summed E-state index contributed by atoms with van der Waals surface area (Å²) in [5.74, 6) is 0.0732. The number of carbonyl (C=O) groups is 1. The SMILES string of the molecule is COc1ccc(SC(C(=O)OC(C)C)c2ccc(F)cc2)cc1. The van der Waals surface area contributed by atoms with E-state index in [9.17, 15) is 9.18 Å².